The van der Waals surface area contributed by atoms with Crippen LogP contribution < -0.4 is 14.8 Å². The fourth-order valence-electron chi connectivity index (χ4n) is 4.00. The molecule has 1 aromatic heterocycles. The highest BCUT2D eigenvalue weighted by molar-refractivity contribution is 7.80. The Morgan fingerprint density at radius 2 is 1.91 bits per heavy atom. The van der Waals surface area contributed by atoms with Crippen molar-refractivity contribution in [3.8, 4) is 22.9 Å². The van der Waals surface area contributed by atoms with Gasteiger partial charge in [0.2, 0.25) is 5.82 Å². The molecular weight excluding hydrogens is 455 g/mol. The lowest BCUT2D eigenvalue weighted by molar-refractivity contribution is 0.355. The Morgan fingerprint density at radius 1 is 1.15 bits per heavy atom. The number of hydrogen-bond donors (Lipinski definition) is 1. The molecule has 3 aromatic rings. The van der Waals surface area contributed by atoms with Crippen molar-refractivity contribution in [1.29, 1.82) is 0 Å². The monoisotopic (exact) mass is 482 g/mol. The highest BCUT2D eigenvalue weighted by Gasteiger charge is 2.34. The van der Waals surface area contributed by atoms with Gasteiger partial charge in [-0.25, -0.2) is 4.39 Å². The number of rotatable bonds is 7. The third kappa shape index (κ3) is 4.61. The summed E-state index contributed by atoms with van der Waals surface area (Å²) in [5.41, 5.74) is 3.06. The summed E-state index contributed by atoms with van der Waals surface area (Å²) in [5.74, 6) is 1.94. The molecule has 1 unspecified atom stereocenters. The average Bonchev–Trinajstić information content (AvgIpc) is 3.30. The van der Waals surface area contributed by atoms with Gasteiger partial charge in [-0.2, -0.15) is 4.98 Å². The second-order valence-corrected chi connectivity index (χ2v) is 8.82. The van der Waals surface area contributed by atoms with E-state index in [0.717, 1.165) is 11.3 Å². The van der Waals surface area contributed by atoms with E-state index in [1.165, 1.54) is 12.1 Å². The maximum atomic E-state index is 14.1. The molecule has 4 rings (SSSR count). The lowest BCUT2D eigenvalue weighted by atomic mass is 9.94. The Balaban J connectivity index is 1.81. The molecule has 0 fully saturated rings. The van der Waals surface area contributed by atoms with Gasteiger partial charge >= 0.3 is 0 Å². The van der Waals surface area contributed by atoms with Crippen LogP contribution in [0.5, 0.6) is 11.5 Å². The van der Waals surface area contributed by atoms with Crippen LogP contribution in [0.2, 0.25) is 0 Å². The molecule has 1 N–H and O–H groups in total. The largest absolute Gasteiger partial charge is 0.493 e. The minimum Gasteiger partial charge on any atom is -0.493 e. The van der Waals surface area contributed by atoms with Crippen molar-refractivity contribution < 1.29 is 18.4 Å². The van der Waals surface area contributed by atoms with E-state index in [4.69, 9.17) is 26.2 Å². The zero-order valence-corrected chi connectivity index (χ0v) is 20.6. The molecule has 1 aliphatic rings. The zero-order chi connectivity index (χ0) is 24.4. The molecule has 0 aliphatic carbocycles. The second-order valence-electron chi connectivity index (χ2n) is 8.43. The van der Waals surface area contributed by atoms with Crippen LogP contribution in [0.3, 0.4) is 0 Å². The molecule has 0 spiro atoms. The number of methoxy groups -OCH3 is 2. The first kappa shape index (κ1) is 23.7. The predicted molar refractivity (Wildman–Crippen MR) is 132 cm³/mol. The second kappa shape index (κ2) is 9.80. The van der Waals surface area contributed by atoms with Gasteiger partial charge in [-0.1, -0.05) is 31.1 Å². The standard InChI is InChI=1S/C25H27FN4O3S/c1-14(2)13-30-15(3)21(22(27-25(30)34)16-7-6-8-18(26)11-16)24-28-23(29-33-24)17-9-10-19(31-4)20(12-17)32-5/h6-12,14,22H,13H2,1-5H3,(H,27,34). The summed E-state index contributed by atoms with van der Waals surface area (Å²) < 4.78 is 30.5. The van der Waals surface area contributed by atoms with Gasteiger partial charge in [0, 0.05) is 17.8 Å². The normalized spacial score (nSPS) is 16.1. The number of benzene rings is 2. The van der Waals surface area contributed by atoms with Crippen molar-refractivity contribution in [1.82, 2.24) is 20.4 Å². The van der Waals surface area contributed by atoms with Gasteiger partial charge in [-0.15, -0.1) is 0 Å². The first-order valence-electron chi connectivity index (χ1n) is 10.9. The first-order valence-corrected chi connectivity index (χ1v) is 11.3. The van der Waals surface area contributed by atoms with Crippen molar-refractivity contribution >= 4 is 22.9 Å². The lowest BCUT2D eigenvalue weighted by Gasteiger charge is -2.38. The van der Waals surface area contributed by atoms with Gasteiger partial charge in [-0.3, -0.25) is 0 Å². The maximum absolute atomic E-state index is 14.1. The summed E-state index contributed by atoms with van der Waals surface area (Å²) in [6, 6.07) is 11.4. The molecule has 9 heteroatoms. The van der Waals surface area contributed by atoms with Crippen LogP contribution >= 0.6 is 12.2 Å². The smallest absolute Gasteiger partial charge is 0.258 e. The summed E-state index contributed by atoms with van der Waals surface area (Å²) in [5, 5.41) is 8.13. The van der Waals surface area contributed by atoms with Crippen LogP contribution in [-0.4, -0.2) is 40.9 Å². The van der Waals surface area contributed by atoms with Gasteiger partial charge in [0.1, 0.15) is 5.82 Å². The molecule has 0 saturated heterocycles. The van der Waals surface area contributed by atoms with Gasteiger partial charge in [0.25, 0.3) is 5.89 Å². The number of ether oxygens (including phenoxy) is 2. The minimum atomic E-state index is -0.440. The van der Waals surface area contributed by atoms with E-state index < -0.39 is 6.04 Å². The minimum absolute atomic E-state index is 0.330. The Morgan fingerprint density at radius 3 is 2.59 bits per heavy atom. The topological polar surface area (TPSA) is 72.7 Å². The van der Waals surface area contributed by atoms with E-state index in [1.54, 1.807) is 32.4 Å². The summed E-state index contributed by atoms with van der Waals surface area (Å²) in [6.07, 6.45) is 0. The van der Waals surface area contributed by atoms with E-state index >= 15 is 0 Å². The number of nitrogens with one attached hydrogen (secondary N) is 1. The number of allylic oxidation sites excluding steroid dienone is 1. The third-order valence-electron chi connectivity index (χ3n) is 5.62. The number of nitrogens with zero attached hydrogens (tertiary/aromatic N) is 3. The molecule has 178 valence electrons. The van der Waals surface area contributed by atoms with E-state index in [1.807, 2.05) is 24.0 Å². The molecule has 0 bridgehead atoms. The molecule has 2 heterocycles. The molecule has 1 aliphatic heterocycles. The van der Waals surface area contributed by atoms with Crippen LogP contribution in [0.25, 0.3) is 17.0 Å². The zero-order valence-electron chi connectivity index (χ0n) is 19.8. The Hall–Kier alpha value is -3.46. The van der Waals surface area contributed by atoms with E-state index in [9.17, 15) is 4.39 Å². The highest BCUT2D eigenvalue weighted by atomic mass is 32.1. The molecule has 34 heavy (non-hydrogen) atoms. The highest BCUT2D eigenvalue weighted by Crippen LogP contribution is 2.38. The maximum Gasteiger partial charge on any atom is 0.258 e. The van der Waals surface area contributed by atoms with E-state index in [-0.39, 0.29) is 5.82 Å². The van der Waals surface area contributed by atoms with Gasteiger partial charge in [0.15, 0.2) is 16.6 Å². The molecule has 1 atom stereocenters. The Bertz CT molecular complexity index is 1240. The molecular formula is C25H27FN4O3S. The van der Waals surface area contributed by atoms with Gasteiger partial charge < -0.3 is 24.2 Å². The first-order chi connectivity index (χ1) is 16.3. The van der Waals surface area contributed by atoms with Crippen molar-refractivity contribution in [3.63, 3.8) is 0 Å². The number of hydrogen-bond acceptors (Lipinski definition) is 6. The Kier molecular flexibility index (Phi) is 6.83. The summed E-state index contributed by atoms with van der Waals surface area (Å²) in [6.45, 7) is 6.93. The van der Waals surface area contributed by atoms with Gasteiger partial charge in [-0.05, 0) is 61.0 Å². The molecule has 0 saturated carbocycles. The molecule has 0 amide bonds. The van der Waals surface area contributed by atoms with Crippen LogP contribution in [-0.2, 0) is 0 Å². The average molecular weight is 483 g/mol. The Labute approximate surface area is 203 Å². The SMILES string of the molecule is COc1ccc(-c2noc(C3=C(C)N(CC(C)C)C(=S)NC3c3cccc(F)c3)n2)cc1OC. The van der Waals surface area contributed by atoms with Crippen molar-refractivity contribution in [2.75, 3.05) is 20.8 Å². The summed E-state index contributed by atoms with van der Waals surface area (Å²) in [4.78, 5) is 6.71. The number of thiocarbonyl (C=S) groups is 1. The van der Waals surface area contributed by atoms with E-state index in [0.29, 0.717) is 51.9 Å². The number of halogens is 1. The van der Waals surface area contributed by atoms with Crippen LogP contribution in [0.4, 0.5) is 4.39 Å². The molecule has 7 nitrogen and oxygen atoms in total. The van der Waals surface area contributed by atoms with Crippen molar-refractivity contribution in [2.45, 2.75) is 26.8 Å². The van der Waals surface area contributed by atoms with Crippen LogP contribution in [0, 0.1) is 11.7 Å². The number of aromatic nitrogens is 2. The quantitative estimate of drug-likeness (QED) is 0.460. The van der Waals surface area contributed by atoms with Gasteiger partial charge in [0.05, 0.1) is 25.8 Å². The summed E-state index contributed by atoms with van der Waals surface area (Å²) >= 11 is 5.66. The van der Waals surface area contributed by atoms with Crippen molar-refractivity contribution in [2.24, 2.45) is 5.92 Å². The fourth-order valence-corrected chi connectivity index (χ4v) is 4.33. The van der Waals surface area contributed by atoms with Crippen LogP contribution in [0.1, 0.15) is 38.3 Å². The van der Waals surface area contributed by atoms with Crippen LogP contribution in [0.15, 0.2) is 52.7 Å². The molecule has 0 radical (unpaired) electrons. The fraction of sp³-hybridized carbons (Fsp3) is 0.320. The third-order valence-corrected chi connectivity index (χ3v) is 5.96. The van der Waals surface area contributed by atoms with E-state index in [2.05, 4.69) is 29.3 Å². The lowest BCUT2D eigenvalue weighted by Crippen LogP contribution is -2.47. The molecule has 2 aromatic carbocycles. The summed E-state index contributed by atoms with van der Waals surface area (Å²) in [7, 11) is 3.15. The predicted octanol–water partition coefficient (Wildman–Crippen LogP) is 5.21. The van der Waals surface area contributed by atoms with Crippen molar-refractivity contribution in [3.05, 3.63) is 65.4 Å².